The van der Waals surface area contributed by atoms with Gasteiger partial charge >= 0.3 is 5.97 Å². The molecule has 0 unspecified atom stereocenters. The van der Waals surface area contributed by atoms with Crippen LogP contribution in [0.2, 0.25) is 0 Å². The number of hydrogen-bond acceptors (Lipinski definition) is 3. The zero-order chi connectivity index (χ0) is 10.3. The second-order valence-electron chi connectivity index (χ2n) is 2.63. The van der Waals surface area contributed by atoms with Gasteiger partial charge in [0, 0.05) is 6.42 Å². The van der Waals surface area contributed by atoms with Crippen LogP contribution in [0, 0.1) is 22.7 Å². The number of nitrogens with zero attached hydrogens (tertiary/aromatic N) is 2. The molecule has 13 heavy (non-hydrogen) atoms. The molecule has 0 heterocycles. The van der Waals surface area contributed by atoms with Gasteiger partial charge in [0.25, 0.3) is 0 Å². The summed E-state index contributed by atoms with van der Waals surface area (Å²) in [7, 11) is 0. The van der Waals surface area contributed by atoms with Gasteiger partial charge < -0.3 is 5.11 Å². The molecule has 4 heteroatoms. The van der Waals surface area contributed by atoms with Crippen molar-refractivity contribution < 1.29 is 9.90 Å². The van der Waals surface area contributed by atoms with Crippen LogP contribution in [0.3, 0.4) is 0 Å². The molecule has 0 atom stereocenters. The summed E-state index contributed by atoms with van der Waals surface area (Å²) in [6, 6.07) is 3.52. The maximum absolute atomic E-state index is 10.1. The molecule has 0 amide bonds. The summed E-state index contributed by atoms with van der Waals surface area (Å²) < 4.78 is 0. The van der Waals surface area contributed by atoms with Gasteiger partial charge in [-0.05, 0) is 25.3 Å². The lowest BCUT2D eigenvalue weighted by atomic mass is 10.1. The number of hydrogen-bond donors (Lipinski definition) is 1. The zero-order valence-electron chi connectivity index (χ0n) is 7.37. The van der Waals surface area contributed by atoms with Crippen molar-refractivity contribution in [2.24, 2.45) is 0 Å². The lowest BCUT2D eigenvalue weighted by Gasteiger charge is -1.97. The van der Waals surface area contributed by atoms with E-state index in [1.165, 1.54) is 0 Å². The number of aliphatic carboxylic acids is 1. The lowest BCUT2D eigenvalue weighted by Crippen LogP contribution is -1.94. The molecule has 0 aromatic rings. The second kappa shape index (κ2) is 5.79. The Bertz CT molecular complexity index is 289. The summed E-state index contributed by atoms with van der Waals surface area (Å²) in [5.41, 5.74) is 0.747. The van der Waals surface area contributed by atoms with E-state index in [9.17, 15) is 4.79 Å². The van der Waals surface area contributed by atoms with Gasteiger partial charge in [-0.15, -0.1) is 0 Å². The quantitative estimate of drug-likeness (QED) is 0.662. The van der Waals surface area contributed by atoms with Crippen LogP contribution >= 0.6 is 0 Å². The summed E-state index contributed by atoms with van der Waals surface area (Å²) in [5, 5.41) is 25.2. The molecule has 0 aromatic heterocycles. The number of allylic oxidation sites excluding steroid dienone is 2. The van der Waals surface area contributed by atoms with Crippen LogP contribution < -0.4 is 0 Å². The third kappa shape index (κ3) is 4.60. The molecule has 0 bridgehead atoms. The standard InChI is InChI=1S/C9H10N2O2/c1-7(8(5-10)6-11)3-2-4-9(12)13/h2-4H2,1H3,(H,12,13). The van der Waals surface area contributed by atoms with Crippen molar-refractivity contribution in [3.8, 4) is 12.1 Å². The Hall–Kier alpha value is -1.81. The van der Waals surface area contributed by atoms with Crippen molar-refractivity contribution in [2.45, 2.75) is 26.2 Å². The maximum atomic E-state index is 10.1. The minimum atomic E-state index is -0.858. The van der Waals surface area contributed by atoms with Crippen LogP contribution in [0.15, 0.2) is 11.1 Å². The molecule has 0 radical (unpaired) electrons. The van der Waals surface area contributed by atoms with Crippen LogP contribution in [-0.2, 0) is 4.79 Å². The van der Waals surface area contributed by atoms with E-state index in [1.54, 1.807) is 19.1 Å². The molecule has 0 fully saturated rings. The zero-order valence-corrected chi connectivity index (χ0v) is 7.37. The van der Waals surface area contributed by atoms with Gasteiger partial charge in [0.05, 0.1) is 0 Å². The minimum absolute atomic E-state index is 0.0709. The predicted octanol–water partition coefficient (Wildman–Crippen LogP) is 1.60. The first kappa shape index (κ1) is 11.2. The highest BCUT2D eigenvalue weighted by Crippen LogP contribution is 2.10. The first-order valence-electron chi connectivity index (χ1n) is 3.83. The van der Waals surface area contributed by atoms with E-state index in [-0.39, 0.29) is 12.0 Å². The van der Waals surface area contributed by atoms with Crippen molar-refractivity contribution in [2.75, 3.05) is 0 Å². The van der Waals surface area contributed by atoms with E-state index >= 15 is 0 Å². The van der Waals surface area contributed by atoms with Crippen LogP contribution in [0.1, 0.15) is 26.2 Å². The molecule has 4 nitrogen and oxygen atoms in total. The van der Waals surface area contributed by atoms with Crippen LogP contribution in [0.5, 0.6) is 0 Å². The van der Waals surface area contributed by atoms with E-state index in [1.807, 2.05) is 0 Å². The molecule has 0 aromatic carbocycles. The Kier molecular flexibility index (Phi) is 4.99. The van der Waals surface area contributed by atoms with Crippen molar-refractivity contribution in [3.05, 3.63) is 11.1 Å². The Morgan fingerprint density at radius 2 is 1.85 bits per heavy atom. The molecule has 0 aliphatic rings. The fraction of sp³-hybridized carbons (Fsp3) is 0.444. The fourth-order valence-electron chi connectivity index (χ4n) is 0.846. The monoisotopic (exact) mass is 178 g/mol. The molecule has 68 valence electrons. The summed E-state index contributed by atoms with van der Waals surface area (Å²) >= 11 is 0. The first-order chi connectivity index (χ1) is 6.11. The molecule has 0 saturated heterocycles. The number of rotatable bonds is 4. The van der Waals surface area contributed by atoms with E-state index in [2.05, 4.69) is 0 Å². The number of carboxylic acid groups (broad SMARTS) is 1. The highest BCUT2D eigenvalue weighted by molar-refractivity contribution is 5.66. The Morgan fingerprint density at radius 3 is 2.23 bits per heavy atom. The van der Waals surface area contributed by atoms with Crippen LogP contribution in [-0.4, -0.2) is 11.1 Å². The van der Waals surface area contributed by atoms with Gasteiger partial charge in [0.15, 0.2) is 0 Å². The molecule has 1 N–H and O–H groups in total. The highest BCUT2D eigenvalue weighted by Gasteiger charge is 2.02. The topological polar surface area (TPSA) is 84.9 Å². The van der Waals surface area contributed by atoms with Crippen molar-refractivity contribution in [3.63, 3.8) is 0 Å². The molecule has 0 aliphatic carbocycles. The largest absolute Gasteiger partial charge is 0.481 e. The third-order valence-electron chi connectivity index (χ3n) is 1.59. The average molecular weight is 178 g/mol. The van der Waals surface area contributed by atoms with Crippen molar-refractivity contribution in [1.82, 2.24) is 0 Å². The molecule has 0 spiro atoms. The lowest BCUT2D eigenvalue weighted by molar-refractivity contribution is -0.137. The van der Waals surface area contributed by atoms with E-state index in [4.69, 9.17) is 15.6 Å². The number of carboxylic acids is 1. The predicted molar refractivity (Wildman–Crippen MR) is 45.4 cm³/mol. The first-order valence-corrected chi connectivity index (χ1v) is 3.83. The van der Waals surface area contributed by atoms with Gasteiger partial charge in [0.2, 0.25) is 0 Å². The van der Waals surface area contributed by atoms with Crippen LogP contribution in [0.4, 0.5) is 0 Å². The second-order valence-corrected chi connectivity index (χ2v) is 2.63. The molecule has 0 saturated carbocycles. The molecular formula is C9H10N2O2. The SMILES string of the molecule is CC(CCCC(=O)O)=C(C#N)C#N. The van der Waals surface area contributed by atoms with Gasteiger partial charge in [-0.1, -0.05) is 0 Å². The Labute approximate surface area is 76.7 Å². The number of nitriles is 2. The van der Waals surface area contributed by atoms with E-state index < -0.39 is 5.97 Å². The van der Waals surface area contributed by atoms with Gasteiger partial charge in [-0.25, -0.2) is 0 Å². The van der Waals surface area contributed by atoms with E-state index in [0.29, 0.717) is 18.4 Å². The van der Waals surface area contributed by atoms with E-state index in [0.717, 1.165) is 0 Å². The molecule has 0 aliphatic heterocycles. The fourth-order valence-corrected chi connectivity index (χ4v) is 0.846. The minimum Gasteiger partial charge on any atom is -0.481 e. The molecule has 0 rings (SSSR count). The van der Waals surface area contributed by atoms with Crippen molar-refractivity contribution >= 4 is 5.97 Å². The molecular weight excluding hydrogens is 168 g/mol. The highest BCUT2D eigenvalue weighted by atomic mass is 16.4. The van der Waals surface area contributed by atoms with Gasteiger partial charge in [-0.2, -0.15) is 10.5 Å². The summed E-state index contributed by atoms with van der Waals surface area (Å²) in [4.78, 5) is 10.1. The smallest absolute Gasteiger partial charge is 0.303 e. The Morgan fingerprint density at radius 1 is 1.31 bits per heavy atom. The van der Waals surface area contributed by atoms with Gasteiger partial charge in [0.1, 0.15) is 17.7 Å². The maximum Gasteiger partial charge on any atom is 0.303 e. The normalized spacial score (nSPS) is 8.23. The Balaban J connectivity index is 4.09. The van der Waals surface area contributed by atoms with Crippen LogP contribution in [0.25, 0.3) is 0 Å². The number of carbonyl (C=O) groups is 1. The summed E-state index contributed by atoms with van der Waals surface area (Å²) in [6.45, 7) is 1.67. The van der Waals surface area contributed by atoms with Gasteiger partial charge in [-0.3, -0.25) is 4.79 Å². The summed E-state index contributed by atoms with van der Waals surface area (Å²) in [5.74, 6) is -0.858. The van der Waals surface area contributed by atoms with Crippen molar-refractivity contribution in [1.29, 1.82) is 10.5 Å². The average Bonchev–Trinajstić information content (AvgIpc) is 2.05. The third-order valence-corrected chi connectivity index (χ3v) is 1.59. The summed E-state index contributed by atoms with van der Waals surface area (Å²) in [6.07, 6.45) is 1.03.